The first kappa shape index (κ1) is 21.1. The standard InChI is InChI=1S/C23H30N2O2.ClH/c1-24(18-19-5-3-2-4-6-19)11-9-22(25-12-15-26-16-13-25)20-7-8-23-21(17-20)10-14-27-23;/h2-8,17,22H,9-16,18H2,1H3;1H. The van der Waals surface area contributed by atoms with Gasteiger partial charge in [-0.1, -0.05) is 42.5 Å². The number of morpholine rings is 1. The van der Waals surface area contributed by atoms with Crippen LogP contribution in [0.5, 0.6) is 5.75 Å². The summed E-state index contributed by atoms with van der Waals surface area (Å²) >= 11 is 0. The van der Waals surface area contributed by atoms with Crippen LogP contribution in [0.25, 0.3) is 0 Å². The lowest BCUT2D eigenvalue weighted by molar-refractivity contribution is 0.0124. The molecular weight excluding hydrogens is 372 g/mol. The van der Waals surface area contributed by atoms with Gasteiger partial charge in [-0.15, -0.1) is 12.4 Å². The smallest absolute Gasteiger partial charge is 0.122 e. The molecule has 0 radical (unpaired) electrons. The Hall–Kier alpha value is -1.59. The average molecular weight is 403 g/mol. The van der Waals surface area contributed by atoms with E-state index in [2.05, 4.69) is 65.4 Å². The monoisotopic (exact) mass is 402 g/mol. The van der Waals surface area contributed by atoms with E-state index >= 15 is 0 Å². The Balaban J connectivity index is 0.00000225. The Morgan fingerprint density at radius 1 is 1.04 bits per heavy atom. The number of halogens is 1. The van der Waals surface area contributed by atoms with Gasteiger partial charge in [0.25, 0.3) is 0 Å². The molecule has 2 aromatic carbocycles. The molecule has 0 aromatic heterocycles. The van der Waals surface area contributed by atoms with Gasteiger partial charge in [-0.3, -0.25) is 4.90 Å². The van der Waals surface area contributed by atoms with Crippen LogP contribution in [0.2, 0.25) is 0 Å². The number of hydrogen-bond donors (Lipinski definition) is 0. The maximum absolute atomic E-state index is 5.70. The van der Waals surface area contributed by atoms with Gasteiger partial charge in [0, 0.05) is 32.1 Å². The van der Waals surface area contributed by atoms with Gasteiger partial charge >= 0.3 is 0 Å². The molecule has 1 unspecified atom stereocenters. The molecule has 0 spiro atoms. The first-order chi connectivity index (χ1) is 13.3. The second-order valence-electron chi connectivity index (χ2n) is 7.64. The fourth-order valence-electron chi connectivity index (χ4n) is 4.18. The van der Waals surface area contributed by atoms with E-state index in [4.69, 9.17) is 9.47 Å². The minimum absolute atomic E-state index is 0. The Morgan fingerprint density at radius 3 is 2.61 bits per heavy atom. The molecule has 28 heavy (non-hydrogen) atoms. The molecule has 1 fully saturated rings. The van der Waals surface area contributed by atoms with E-state index < -0.39 is 0 Å². The summed E-state index contributed by atoms with van der Waals surface area (Å²) in [6.45, 7) is 6.59. The van der Waals surface area contributed by atoms with Crippen LogP contribution in [0.15, 0.2) is 48.5 Å². The van der Waals surface area contributed by atoms with Crippen molar-refractivity contribution in [3.8, 4) is 5.75 Å². The van der Waals surface area contributed by atoms with Gasteiger partial charge in [0.05, 0.1) is 19.8 Å². The summed E-state index contributed by atoms with van der Waals surface area (Å²) in [5.74, 6) is 1.07. The van der Waals surface area contributed by atoms with Crippen molar-refractivity contribution in [3.63, 3.8) is 0 Å². The highest BCUT2D eigenvalue weighted by Gasteiger charge is 2.24. The maximum atomic E-state index is 5.70. The molecule has 0 saturated carbocycles. The van der Waals surface area contributed by atoms with Crippen molar-refractivity contribution in [3.05, 3.63) is 65.2 Å². The van der Waals surface area contributed by atoms with Crippen molar-refractivity contribution < 1.29 is 9.47 Å². The second kappa shape index (κ2) is 10.3. The van der Waals surface area contributed by atoms with Crippen LogP contribution in [0, 0.1) is 0 Å². The molecule has 0 bridgehead atoms. The highest BCUT2D eigenvalue weighted by molar-refractivity contribution is 5.85. The van der Waals surface area contributed by atoms with Crippen LogP contribution in [0.1, 0.15) is 29.2 Å². The van der Waals surface area contributed by atoms with Crippen molar-refractivity contribution >= 4 is 12.4 Å². The topological polar surface area (TPSA) is 24.9 Å². The van der Waals surface area contributed by atoms with Crippen molar-refractivity contribution in [1.29, 1.82) is 0 Å². The first-order valence-corrected chi connectivity index (χ1v) is 10.1. The molecule has 2 heterocycles. The Kier molecular flexibility index (Phi) is 7.74. The molecule has 1 atom stereocenters. The summed E-state index contributed by atoms with van der Waals surface area (Å²) < 4.78 is 11.3. The van der Waals surface area contributed by atoms with Crippen LogP contribution in [0.3, 0.4) is 0 Å². The molecule has 1 saturated heterocycles. The van der Waals surface area contributed by atoms with E-state index in [0.717, 1.165) is 64.6 Å². The third-order valence-corrected chi connectivity index (χ3v) is 5.66. The van der Waals surface area contributed by atoms with E-state index in [0.29, 0.717) is 6.04 Å². The molecule has 4 rings (SSSR count). The number of ether oxygens (including phenoxy) is 2. The van der Waals surface area contributed by atoms with Crippen molar-refractivity contribution in [2.24, 2.45) is 0 Å². The fourth-order valence-corrected chi connectivity index (χ4v) is 4.18. The van der Waals surface area contributed by atoms with Crippen LogP contribution in [-0.4, -0.2) is 56.3 Å². The van der Waals surface area contributed by atoms with E-state index in [1.165, 1.54) is 16.7 Å². The summed E-state index contributed by atoms with van der Waals surface area (Å²) in [7, 11) is 2.22. The zero-order chi connectivity index (χ0) is 18.5. The molecule has 152 valence electrons. The van der Waals surface area contributed by atoms with E-state index in [1.807, 2.05) is 0 Å². The third kappa shape index (κ3) is 5.26. The Labute approximate surface area is 174 Å². The second-order valence-corrected chi connectivity index (χ2v) is 7.64. The fraction of sp³-hybridized carbons (Fsp3) is 0.478. The minimum Gasteiger partial charge on any atom is -0.493 e. The highest BCUT2D eigenvalue weighted by atomic mass is 35.5. The highest BCUT2D eigenvalue weighted by Crippen LogP contribution is 2.32. The summed E-state index contributed by atoms with van der Waals surface area (Å²) in [5.41, 5.74) is 4.16. The van der Waals surface area contributed by atoms with Crippen LogP contribution < -0.4 is 4.74 Å². The van der Waals surface area contributed by atoms with Gasteiger partial charge in [-0.05, 0) is 42.8 Å². The largest absolute Gasteiger partial charge is 0.493 e. The number of fused-ring (bicyclic) bond motifs is 1. The Morgan fingerprint density at radius 2 is 1.82 bits per heavy atom. The van der Waals surface area contributed by atoms with Gasteiger partial charge in [0.15, 0.2) is 0 Å². The summed E-state index contributed by atoms with van der Waals surface area (Å²) in [6.07, 6.45) is 2.16. The molecule has 5 heteroatoms. The molecule has 0 N–H and O–H groups in total. The predicted molar refractivity (Wildman–Crippen MR) is 115 cm³/mol. The molecule has 4 nitrogen and oxygen atoms in total. The molecule has 2 aliphatic heterocycles. The third-order valence-electron chi connectivity index (χ3n) is 5.66. The summed E-state index contributed by atoms with van der Waals surface area (Å²) in [6, 6.07) is 18.0. The van der Waals surface area contributed by atoms with Crippen molar-refractivity contribution in [2.45, 2.75) is 25.4 Å². The normalized spacial score (nSPS) is 17.6. The Bertz CT molecular complexity index is 735. The predicted octanol–water partition coefficient (Wildman–Crippen LogP) is 3.94. The zero-order valence-corrected chi connectivity index (χ0v) is 17.5. The average Bonchev–Trinajstić information content (AvgIpc) is 3.18. The number of rotatable bonds is 7. The molecule has 2 aliphatic rings. The van der Waals surface area contributed by atoms with Gasteiger partial charge in [-0.25, -0.2) is 0 Å². The quantitative estimate of drug-likeness (QED) is 0.700. The molecule has 0 amide bonds. The van der Waals surface area contributed by atoms with Gasteiger partial charge in [0.2, 0.25) is 0 Å². The van der Waals surface area contributed by atoms with Gasteiger partial charge in [0.1, 0.15) is 5.75 Å². The lowest BCUT2D eigenvalue weighted by Crippen LogP contribution is -2.40. The van der Waals surface area contributed by atoms with Crippen molar-refractivity contribution in [2.75, 3.05) is 46.5 Å². The van der Waals surface area contributed by atoms with Gasteiger partial charge < -0.3 is 14.4 Å². The van der Waals surface area contributed by atoms with Crippen LogP contribution in [-0.2, 0) is 17.7 Å². The lowest BCUT2D eigenvalue weighted by Gasteiger charge is -2.36. The molecule has 2 aromatic rings. The van der Waals surface area contributed by atoms with E-state index in [-0.39, 0.29) is 12.4 Å². The maximum Gasteiger partial charge on any atom is 0.122 e. The van der Waals surface area contributed by atoms with Crippen LogP contribution in [0.4, 0.5) is 0 Å². The van der Waals surface area contributed by atoms with Crippen molar-refractivity contribution in [1.82, 2.24) is 9.80 Å². The van der Waals surface area contributed by atoms with Crippen LogP contribution >= 0.6 is 12.4 Å². The van der Waals surface area contributed by atoms with Gasteiger partial charge in [-0.2, -0.15) is 0 Å². The molecular formula is C23H31ClN2O2. The van der Waals surface area contributed by atoms with E-state index in [1.54, 1.807) is 0 Å². The number of nitrogens with zero attached hydrogens (tertiary/aromatic N) is 2. The first-order valence-electron chi connectivity index (χ1n) is 10.1. The van der Waals surface area contributed by atoms with E-state index in [9.17, 15) is 0 Å². The minimum atomic E-state index is 0. The number of benzene rings is 2. The zero-order valence-electron chi connectivity index (χ0n) is 16.7. The summed E-state index contributed by atoms with van der Waals surface area (Å²) in [5, 5.41) is 0. The summed E-state index contributed by atoms with van der Waals surface area (Å²) in [4.78, 5) is 5.02. The SMILES string of the molecule is CN(CCC(c1ccc2c(c1)CCO2)N1CCOCC1)Cc1ccccc1.Cl. The molecule has 0 aliphatic carbocycles. The number of hydrogen-bond acceptors (Lipinski definition) is 4. The lowest BCUT2D eigenvalue weighted by atomic mass is 9.98.